The van der Waals surface area contributed by atoms with Gasteiger partial charge in [0.15, 0.2) is 0 Å². The van der Waals surface area contributed by atoms with Gasteiger partial charge in [0.05, 0.1) is 9.79 Å². The molecule has 33 heavy (non-hydrogen) atoms. The molecule has 0 fully saturated rings. The predicted octanol–water partition coefficient (Wildman–Crippen LogP) is 3.79. The molecule has 9 heteroatoms. The van der Waals surface area contributed by atoms with Crippen molar-refractivity contribution in [2.24, 2.45) is 0 Å². The average molecular weight is 507 g/mol. The van der Waals surface area contributed by atoms with Crippen molar-refractivity contribution in [1.82, 2.24) is 0 Å². The number of aryl methyl sites for hydroxylation is 4. The molecule has 176 valence electrons. The molecule has 0 spiro atoms. The minimum atomic E-state index is -4.47. The van der Waals surface area contributed by atoms with Gasteiger partial charge in [-0.15, -0.1) is 0 Å². The third-order valence-electron chi connectivity index (χ3n) is 5.60. The maximum absolute atomic E-state index is 12.1. The van der Waals surface area contributed by atoms with E-state index in [0.29, 0.717) is 32.9 Å². The third-order valence-corrected chi connectivity index (χ3v) is 10.4. The normalized spacial score (nSPS) is 12.4. The van der Waals surface area contributed by atoms with E-state index in [4.69, 9.17) is 0 Å². The molecular weight excluding hydrogens is 479 g/mol. The monoisotopic (exact) mass is 506 g/mol. The van der Waals surface area contributed by atoms with Crippen molar-refractivity contribution in [2.45, 2.75) is 51.3 Å². The Balaban J connectivity index is 2.53. The molecule has 0 unspecified atom stereocenters. The van der Waals surface area contributed by atoms with Crippen LogP contribution in [0.3, 0.4) is 0 Å². The summed E-state index contributed by atoms with van der Waals surface area (Å²) in [6.07, 6.45) is 0. The van der Waals surface area contributed by atoms with E-state index in [1.165, 1.54) is 12.1 Å². The lowest BCUT2D eigenvalue weighted by atomic mass is 10.1. The second kappa shape index (κ2) is 8.93. The Morgan fingerprint density at radius 2 is 0.970 bits per heavy atom. The van der Waals surface area contributed by atoms with Crippen molar-refractivity contribution in [3.63, 3.8) is 0 Å². The van der Waals surface area contributed by atoms with Gasteiger partial charge in [0, 0.05) is 0 Å². The number of hydrogen-bond acceptors (Lipinski definition) is 4. The summed E-state index contributed by atoms with van der Waals surface area (Å²) in [7, 11) is -10.4. The van der Waals surface area contributed by atoms with Crippen LogP contribution in [0.2, 0.25) is 0 Å². The molecule has 0 amide bonds. The van der Waals surface area contributed by atoms with E-state index in [1.807, 2.05) is 44.2 Å². The summed E-state index contributed by atoms with van der Waals surface area (Å²) in [4.78, 5) is -0.341. The fourth-order valence-electron chi connectivity index (χ4n) is 3.96. The Morgan fingerprint density at radius 1 is 0.576 bits per heavy atom. The molecule has 3 aromatic rings. The fourth-order valence-corrected chi connectivity index (χ4v) is 8.89. The van der Waals surface area contributed by atoms with Gasteiger partial charge >= 0.3 is 0 Å². The summed E-state index contributed by atoms with van der Waals surface area (Å²) >= 11 is 0. The Kier molecular flexibility index (Phi) is 6.91. The second-order valence-corrected chi connectivity index (χ2v) is 13.3. The Morgan fingerprint density at radius 3 is 1.36 bits per heavy atom. The molecule has 6 nitrogen and oxygen atoms in total. The van der Waals surface area contributed by atoms with Crippen LogP contribution in [0, 0.1) is 41.5 Å². The summed E-state index contributed by atoms with van der Waals surface area (Å²) in [6.45, 7) is 10.7. The van der Waals surface area contributed by atoms with Crippen LogP contribution in [0.4, 0.5) is 0 Å². The van der Waals surface area contributed by atoms with Gasteiger partial charge < -0.3 is 0 Å². The van der Waals surface area contributed by atoms with Gasteiger partial charge in [0.2, 0.25) is 0 Å². The SMILES string of the molecule is Cc1ccc(C)c(P(c2cc(C)cc(S(=O)(=O)O)c2C)c2cc(C)cc(S(=O)(=O)O)c2C)c1. The molecule has 0 saturated carbocycles. The molecule has 0 saturated heterocycles. The zero-order chi connectivity index (χ0) is 24.9. The predicted molar refractivity (Wildman–Crippen MR) is 133 cm³/mol. The highest BCUT2D eigenvalue weighted by molar-refractivity contribution is 7.86. The number of benzene rings is 3. The first-order valence-corrected chi connectivity index (χ1v) is 14.4. The fraction of sp³-hybridized carbons (Fsp3) is 0.250. The summed E-state index contributed by atoms with van der Waals surface area (Å²) in [5.41, 5.74) is 4.09. The van der Waals surface area contributed by atoms with E-state index in [1.54, 1.807) is 27.7 Å². The first kappa shape index (κ1) is 25.5. The molecule has 3 rings (SSSR count). The molecule has 0 aliphatic carbocycles. The van der Waals surface area contributed by atoms with Crippen LogP contribution in [0.25, 0.3) is 0 Å². The average Bonchev–Trinajstić information content (AvgIpc) is 2.67. The molecule has 0 atom stereocenters. The van der Waals surface area contributed by atoms with E-state index in [9.17, 15) is 25.9 Å². The molecule has 0 aliphatic heterocycles. The molecule has 0 radical (unpaired) electrons. The maximum Gasteiger partial charge on any atom is 0.294 e. The van der Waals surface area contributed by atoms with E-state index >= 15 is 0 Å². The third kappa shape index (κ3) is 5.20. The zero-order valence-electron chi connectivity index (χ0n) is 19.3. The molecule has 2 N–H and O–H groups in total. The lowest BCUT2D eigenvalue weighted by Gasteiger charge is -2.27. The summed E-state index contributed by atoms with van der Waals surface area (Å²) < 4.78 is 68.2. The highest BCUT2D eigenvalue weighted by Gasteiger charge is 2.28. The minimum Gasteiger partial charge on any atom is -0.282 e. The number of rotatable bonds is 5. The van der Waals surface area contributed by atoms with E-state index in [-0.39, 0.29) is 9.79 Å². The van der Waals surface area contributed by atoms with Crippen molar-refractivity contribution < 1.29 is 25.9 Å². The first-order chi connectivity index (χ1) is 15.1. The van der Waals surface area contributed by atoms with Gasteiger partial charge in [0.25, 0.3) is 20.2 Å². The highest BCUT2D eigenvalue weighted by Crippen LogP contribution is 2.39. The molecular formula is C24H27O6PS2. The van der Waals surface area contributed by atoms with Crippen molar-refractivity contribution in [1.29, 1.82) is 0 Å². The standard InChI is InChI=1S/C24H27O6PS2/c1-14-7-8-17(4)20(9-14)31(21-10-15(2)12-23(18(21)5)32(25,26)27)22-11-16(3)13-24(19(22)6)33(28,29)30/h7-13H,1-6H3,(H,25,26,27)(H,28,29,30). The zero-order valence-corrected chi connectivity index (χ0v) is 21.9. The highest BCUT2D eigenvalue weighted by atomic mass is 32.2. The van der Waals surface area contributed by atoms with Gasteiger partial charge in [-0.05, 0) is 105 Å². The molecule has 0 heterocycles. The lowest BCUT2D eigenvalue weighted by molar-refractivity contribution is 0.480. The van der Waals surface area contributed by atoms with Crippen molar-refractivity contribution >= 4 is 44.1 Å². The van der Waals surface area contributed by atoms with Crippen LogP contribution in [0.1, 0.15) is 33.4 Å². The number of hydrogen-bond donors (Lipinski definition) is 2. The minimum absolute atomic E-state index is 0.171. The molecule has 0 aliphatic rings. The largest absolute Gasteiger partial charge is 0.294 e. The molecule has 0 aromatic heterocycles. The smallest absolute Gasteiger partial charge is 0.282 e. The Hall–Kier alpha value is -2.09. The van der Waals surface area contributed by atoms with Crippen LogP contribution < -0.4 is 15.9 Å². The second-order valence-electron chi connectivity index (χ2n) is 8.39. The van der Waals surface area contributed by atoms with E-state index < -0.39 is 28.2 Å². The molecule has 3 aromatic carbocycles. The summed E-state index contributed by atoms with van der Waals surface area (Å²) in [5.74, 6) is 0. The Bertz CT molecular complexity index is 1390. The quantitative estimate of drug-likeness (QED) is 0.403. The summed E-state index contributed by atoms with van der Waals surface area (Å²) in [5, 5.41) is 2.33. The van der Waals surface area contributed by atoms with Gasteiger partial charge in [0.1, 0.15) is 0 Å². The van der Waals surface area contributed by atoms with Crippen molar-refractivity contribution in [3.05, 3.63) is 75.8 Å². The topological polar surface area (TPSA) is 109 Å². The van der Waals surface area contributed by atoms with Gasteiger partial charge in [-0.1, -0.05) is 35.9 Å². The Labute approximate surface area is 196 Å². The van der Waals surface area contributed by atoms with Crippen LogP contribution >= 0.6 is 7.92 Å². The lowest BCUT2D eigenvalue weighted by Crippen LogP contribution is -2.28. The van der Waals surface area contributed by atoms with Crippen molar-refractivity contribution in [3.8, 4) is 0 Å². The van der Waals surface area contributed by atoms with Gasteiger partial charge in [-0.25, -0.2) is 0 Å². The summed E-state index contributed by atoms with van der Waals surface area (Å²) in [6, 6.07) is 12.6. The van der Waals surface area contributed by atoms with Crippen LogP contribution in [0.15, 0.2) is 52.3 Å². The van der Waals surface area contributed by atoms with Crippen LogP contribution in [-0.4, -0.2) is 25.9 Å². The van der Waals surface area contributed by atoms with Gasteiger partial charge in [-0.3, -0.25) is 9.11 Å². The maximum atomic E-state index is 12.1. The van der Waals surface area contributed by atoms with E-state index in [0.717, 1.165) is 16.4 Å². The molecule has 0 bridgehead atoms. The first-order valence-electron chi connectivity index (χ1n) is 10.2. The van der Waals surface area contributed by atoms with Crippen LogP contribution in [0.5, 0.6) is 0 Å². The van der Waals surface area contributed by atoms with Gasteiger partial charge in [-0.2, -0.15) is 16.8 Å². The van der Waals surface area contributed by atoms with Crippen LogP contribution in [-0.2, 0) is 20.2 Å². The van der Waals surface area contributed by atoms with E-state index in [2.05, 4.69) is 0 Å². The van der Waals surface area contributed by atoms with Crippen molar-refractivity contribution in [2.75, 3.05) is 0 Å².